The number of ketones is 1. The number of Topliss-reactive ketones (excluding diaryl/α,β-unsaturated/α-hetero) is 1. The van der Waals surface area contributed by atoms with Crippen LogP contribution in [0.2, 0.25) is 0 Å². The largest absolute Gasteiger partial charge is 0.394 e. The summed E-state index contributed by atoms with van der Waals surface area (Å²) >= 11 is 0. The van der Waals surface area contributed by atoms with Crippen molar-refractivity contribution in [3.05, 3.63) is 23.8 Å². The van der Waals surface area contributed by atoms with Crippen molar-refractivity contribution in [2.24, 2.45) is 22.2 Å². The predicted molar refractivity (Wildman–Crippen MR) is 125 cm³/mol. The van der Waals surface area contributed by atoms with Crippen LogP contribution in [0.5, 0.6) is 0 Å². The van der Waals surface area contributed by atoms with Crippen LogP contribution in [0.4, 0.5) is 0 Å². The molecule has 1 saturated heterocycles. The van der Waals surface area contributed by atoms with Gasteiger partial charge in [0.25, 0.3) is 0 Å². The van der Waals surface area contributed by atoms with Crippen LogP contribution in [0.3, 0.4) is 0 Å². The minimum Gasteiger partial charge on any atom is -0.394 e. The van der Waals surface area contributed by atoms with Gasteiger partial charge in [0.05, 0.1) is 25.4 Å². The SMILES string of the molecule is C=C[C@@]1(C)CCC2=C(C1)C(=O)CC1[C@]2(C)C[C@@H](O)[C@H](O)[C@]1(C)CO[C@@H]1OC(CO)[C@@H](O)C(O)C1O. The summed E-state index contributed by atoms with van der Waals surface area (Å²) in [6.07, 6.45) is -4.79. The Bertz CT molecular complexity index is 886. The fourth-order valence-electron chi connectivity index (χ4n) is 7.05. The molecule has 3 aliphatic carbocycles. The predicted octanol–water partition coefficient (Wildman–Crippen LogP) is 0.203. The van der Waals surface area contributed by atoms with Gasteiger partial charge in [-0.25, -0.2) is 0 Å². The quantitative estimate of drug-likeness (QED) is 0.293. The second-order valence-corrected chi connectivity index (χ2v) is 11.8. The maximum absolute atomic E-state index is 13.4. The fourth-order valence-corrected chi connectivity index (χ4v) is 7.05. The Morgan fingerprint density at radius 3 is 2.43 bits per heavy atom. The summed E-state index contributed by atoms with van der Waals surface area (Å²) in [5.74, 6) is -0.296. The van der Waals surface area contributed by atoms with E-state index in [1.165, 1.54) is 0 Å². The van der Waals surface area contributed by atoms with E-state index in [0.29, 0.717) is 19.3 Å². The molecule has 0 aromatic rings. The highest BCUT2D eigenvalue weighted by Crippen LogP contribution is 2.62. The van der Waals surface area contributed by atoms with Crippen LogP contribution < -0.4 is 0 Å². The average molecular weight is 497 g/mol. The van der Waals surface area contributed by atoms with Crippen molar-refractivity contribution in [3.63, 3.8) is 0 Å². The molecule has 0 amide bonds. The molecule has 2 fully saturated rings. The fraction of sp³-hybridized carbons (Fsp3) is 0.808. The number of hydrogen-bond donors (Lipinski definition) is 6. The smallest absolute Gasteiger partial charge is 0.186 e. The van der Waals surface area contributed by atoms with E-state index in [1.54, 1.807) is 6.92 Å². The van der Waals surface area contributed by atoms with Gasteiger partial charge in [0.1, 0.15) is 24.4 Å². The zero-order valence-electron chi connectivity index (χ0n) is 20.8. The Hall–Kier alpha value is -1.17. The molecule has 6 N–H and O–H groups in total. The number of hydrogen-bond acceptors (Lipinski definition) is 9. The summed E-state index contributed by atoms with van der Waals surface area (Å²) in [4.78, 5) is 13.4. The van der Waals surface area contributed by atoms with Crippen molar-refractivity contribution in [1.82, 2.24) is 0 Å². The van der Waals surface area contributed by atoms with E-state index >= 15 is 0 Å². The molecule has 9 heteroatoms. The molecule has 35 heavy (non-hydrogen) atoms. The Morgan fingerprint density at radius 2 is 1.80 bits per heavy atom. The Labute approximate surface area is 206 Å². The number of allylic oxidation sites excluding steroid dienone is 3. The van der Waals surface area contributed by atoms with E-state index in [0.717, 1.165) is 17.6 Å². The summed E-state index contributed by atoms with van der Waals surface area (Å²) in [6, 6.07) is 0. The van der Waals surface area contributed by atoms with Gasteiger partial charge >= 0.3 is 0 Å². The van der Waals surface area contributed by atoms with E-state index in [1.807, 2.05) is 6.08 Å². The Morgan fingerprint density at radius 1 is 1.11 bits per heavy atom. The highest BCUT2D eigenvalue weighted by molar-refractivity contribution is 5.98. The van der Waals surface area contributed by atoms with Gasteiger partial charge in [-0.05, 0) is 48.0 Å². The summed E-state index contributed by atoms with van der Waals surface area (Å²) in [7, 11) is 0. The molecular weight excluding hydrogens is 456 g/mol. The first-order valence-electron chi connectivity index (χ1n) is 12.5. The molecule has 0 aromatic heterocycles. The maximum Gasteiger partial charge on any atom is 0.186 e. The lowest BCUT2D eigenvalue weighted by Crippen LogP contribution is -2.63. The summed E-state index contributed by atoms with van der Waals surface area (Å²) in [5, 5.41) is 62.1. The van der Waals surface area contributed by atoms with E-state index < -0.39 is 60.4 Å². The summed E-state index contributed by atoms with van der Waals surface area (Å²) < 4.78 is 11.3. The lowest BCUT2D eigenvalue weighted by molar-refractivity contribution is -0.314. The third kappa shape index (κ3) is 4.24. The molecule has 0 bridgehead atoms. The zero-order valence-corrected chi connectivity index (χ0v) is 20.8. The zero-order chi connectivity index (χ0) is 25.9. The first-order valence-corrected chi connectivity index (χ1v) is 12.5. The molecule has 198 valence electrons. The lowest BCUT2D eigenvalue weighted by Gasteiger charge is -2.60. The maximum atomic E-state index is 13.4. The van der Waals surface area contributed by atoms with Gasteiger partial charge in [0, 0.05) is 11.8 Å². The number of aliphatic hydroxyl groups excluding tert-OH is 6. The second-order valence-electron chi connectivity index (χ2n) is 11.8. The molecule has 11 atom stereocenters. The van der Waals surface area contributed by atoms with Crippen LogP contribution in [0.15, 0.2) is 23.8 Å². The second kappa shape index (κ2) is 9.29. The van der Waals surface area contributed by atoms with Gasteiger partial charge in [-0.15, -0.1) is 6.58 Å². The first kappa shape index (κ1) is 26.9. The van der Waals surface area contributed by atoms with Gasteiger partial charge in [0.2, 0.25) is 0 Å². The van der Waals surface area contributed by atoms with Crippen LogP contribution in [0.25, 0.3) is 0 Å². The minimum atomic E-state index is -1.59. The monoisotopic (exact) mass is 496 g/mol. The van der Waals surface area contributed by atoms with Crippen molar-refractivity contribution in [2.45, 2.75) is 95.8 Å². The number of ether oxygens (including phenoxy) is 2. The molecule has 1 aliphatic heterocycles. The van der Waals surface area contributed by atoms with E-state index in [9.17, 15) is 35.4 Å². The molecule has 9 nitrogen and oxygen atoms in total. The summed E-state index contributed by atoms with van der Waals surface area (Å²) in [6.45, 7) is 9.12. The highest BCUT2D eigenvalue weighted by atomic mass is 16.7. The molecule has 4 rings (SSSR count). The van der Waals surface area contributed by atoms with Gasteiger partial charge in [-0.1, -0.05) is 32.4 Å². The third-order valence-corrected chi connectivity index (χ3v) is 9.44. The van der Waals surface area contributed by atoms with Crippen LogP contribution in [0, 0.1) is 22.2 Å². The number of rotatable bonds is 5. The number of carbonyl (C=O) groups excluding carboxylic acids is 1. The summed E-state index contributed by atoms with van der Waals surface area (Å²) in [5.41, 5.74) is 0.109. The molecule has 0 spiro atoms. The number of aliphatic hydroxyl groups is 6. The average Bonchev–Trinajstić information content (AvgIpc) is 2.83. The number of carbonyl (C=O) groups is 1. The van der Waals surface area contributed by atoms with E-state index in [2.05, 4.69) is 20.4 Å². The molecule has 4 unspecified atom stereocenters. The molecule has 0 radical (unpaired) electrons. The molecule has 1 saturated carbocycles. The normalized spacial score (nSPS) is 50.5. The Kier molecular flexibility index (Phi) is 7.14. The minimum absolute atomic E-state index is 0.0397. The number of fused-ring (bicyclic) bond motifs is 2. The Balaban J connectivity index is 1.63. The van der Waals surface area contributed by atoms with E-state index in [-0.39, 0.29) is 30.1 Å². The lowest BCUT2D eigenvalue weighted by atomic mass is 9.46. The van der Waals surface area contributed by atoms with Gasteiger partial charge in [-0.3, -0.25) is 4.79 Å². The molecule has 0 aromatic carbocycles. The van der Waals surface area contributed by atoms with Crippen molar-refractivity contribution in [2.75, 3.05) is 13.2 Å². The van der Waals surface area contributed by atoms with Gasteiger partial charge < -0.3 is 40.1 Å². The van der Waals surface area contributed by atoms with Crippen molar-refractivity contribution in [3.8, 4) is 0 Å². The molecule has 1 heterocycles. The van der Waals surface area contributed by atoms with Crippen molar-refractivity contribution >= 4 is 5.78 Å². The first-order chi connectivity index (χ1) is 16.3. The van der Waals surface area contributed by atoms with Gasteiger partial charge in [0.15, 0.2) is 12.1 Å². The standard InChI is InChI=1S/C26H40O9/c1-5-24(2)7-6-14-13(9-24)15(28)8-18-25(14,3)10-16(29)22(33)26(18,4)12-34-23-21(32)20(31)19(30)17(11-27)35-23/h5,16-23,27,29-33H,1,6-12H2,2-4H3/t16-,17?,18?,19-,20?,21?,22+,23-,24+,25-,26-/m1/s1. The van der Waals surface area contributed by atoms with Crippen molar-refractivity contribution in [1.29, 1.82) is 0 Å². The van der Waals surface area contributed by atoms with Crippen LogP contribution in [-0.4, -0.2) is 92.5 Å². The van der Waals surface area contributed by atoms with Crippen LogP contribution >= 0.6 is 0 Å². The van der Waals surface area contributed by atoms with Crippen LogP contribution in [0.1, 0.15) is 52.9 Å². The topological polar surface area (TPSA) is 157 Å². The molecule has 4 aliphatic rings. The van der Waals surface area contributed by atoms with Crippen LogP contribution in [-0.2, 0) is 14.3 Å². The molecular formula is C26H40O9. The third-order valence-electron chi connectivity index (χ3n) is 9.44. The highest BCUT2D eigenvalue weighted by Gasteiger charge is 2.61. The van der Waals surface area contributed by atoms with Crippen molar-refractivity contribution < 1.29 is 44.9 Å². The van der Waals surface area contributed by atoms with E-state index in [4.69, 9.17) is 9.47 Å². The van der Waals surface area contributed by atoms with Gasteiger partial charge in [-0.2, -0.15) is 0 Å².